The van der Waals surface area contributed by atoms with Crippen molar-refractivity contribution in [2.24, 2.45) is 5.92 Å². The van der Waals surface area contributed by atoms with Crippen molar-refractivity contribution in [3.63, 3.8) is 0 Å². The first kappa shape index (κ1) is 20.4. The molecular formula is C17H21ClN2O5S. The molecule has 0 saturated carbocycles. The average molecular weight is 401 g/mol. The zero-order valence-corrected chi connectivity index (χ0v) is 16.5. The van der Waals surface area contributed by atoms with Gasteiger partial charge < -0.3 is 9.26 Å². The number of hydrogen-bond donors (Lipinski definition) is 1. The van der Waals surface area contributed by atoms with Gasteiger partial charge in [-0.1, -0.05) is 30.6 Å². The molecule has 1 atom stereocenters. The van der Waals surface area contributed by atoms with Gasteiger partial charge in [0.05, 0.1) is 16.2 Å². The first-order valence-corrected chi connectivity index (χ1v) is 9.84. The first-order chi connectivity index (χ1) is 12.1. The number of ether oxygens (including phenoxy) is 1. The quantitative estimate of drug-likeness (QED) is 0.717. The molecule has 1 aromatic heterocycles. The Balaban J connectivity index is 2.12. The lowest BCUT2D eigenvalue weighted by atomic mass is 10.1. The molecular weight excluding hydrogens is 380 g/mol. The second-order valence-corrected chi connectivity index (χ2v) is 8.36. The molecule has 142 valence electrons. The van der Waals surface area contributed by atoms with Crippen LogP contribution >= 0.6 is 11.6 Å². The van der Waals surface area contributed by atoms with Gasteiger partial charge in [0, 0.05) is 5.02 Å². The van der Waals surface area contributed by atoms with E-state index in [-0.39, 0.29) is 17.4 Å². The molecule has 0 bridgehead atoms. The summed E-state index contributed by atoms with van der Waals surface area (Å²) in [5.41, 5.74) is 1.29. The predicted molar refractivity (Wildman–Crippen MR) is 96.2 cm³/mol. The minimum absolute atomic E-state index is 0.0195. The van der Waals surface area contributed by atoms with Crippen molar-refractivity contribution in [2.45, 2.75) is 45.2 Å². The number of benzene rings is 1. The second-order valence-electron chi connectivity index (χ2n) is 6.21. The van der Waals surface area contributed by atoms with Gasteiger partial charge in [0.25, 0.3) is 0 Å². The maximum atomic E-state index is 12.5. The van der Waals surface area contributed by atoms with E-state index in [2.05, 4.69) is 9.88 Å². The zero-order valence-electron chi connectivity index (χ0n) is 14.9. The summed E-state index contributed by atoms with van der Waals surface area (Å²) in [6, 6.07) is 4.65. The van der Waals surface area contributed by atoms with Crippen molar-refractivity contribution >= 4 is 27.6 Å². The van der Waals surface area contributed by atoms with Gasteiger partial charge in [-0.3, -0.25) is 4.79 Å². The molecule has 0 spiro atoms. The Hall–Kier alpha value is -1.90. The van der Waals surface area contributed by atoms with Crippen molar-refractivity contribution in [2.75, 3.05) is 0 Å². The third-order valence-corrected chi connectivity index (χ3v) is 5.58. The van der Waals surface area contributed by atoms with Crippen molar-refractivity contribution in [1.82, 2.24) is 9.88 Å². The monoisotopic (exact) mass is 400 g/mol. The van der Waals surface area contributed by atoms with E-state index in [0.717, 1.165) is 0 Å². The standard InChI is InChI=1S/C17H21ClN2O5S/c1-10(2)16(17(21)24-9-15-11(3)19-25-12(15)4)20-26(22,23)14-7-5-13(18)6-8-14/h5-8,10,16,20H,9H2,1-4H3/t16-/m0/s1. The number of carbonyl (C=O) groups excluding carboxylic acids is 1. The minimum atomic E-state index is -3.90. The molecule has 0 radical (unpaired) electrons. The molecule has 1 heterocycles. The SMILES string of the molecule is Cc1noc(C)c1COC(=O)[C@@H](NS(=O)(=O)c1ccc(Cl)cc1)C(C)C. The van der Waals surface area contributed by atoms with Crippen LogP contribution in [-0.2, 0) is 26.2 Å². The summed E-state index contributed by atoms with van der Waals surface area (Å²) in [6.45, 7) is 6.87. The molecule has 0 amide bonds. The van der Waals surface area contributed by atoms with Crippen LogP contribution < -0.4 is 4.72 Å². The molecule has 9 heteroatoms. The van der Waals surface area contributed by atoms with Gasteiger partial charge >= 0.3 is 5.97 Å². The fourth-order valence-corrected chi connectivity index (χ4v) is 3.71. The fourth-order valence-electron chi connectivity index (χ4n) is 2.25. The molecule has 0 unspecified atom stereocenters. The lowest BCUT2D eigenvalue weighted by Crippen LogP contribution is -2.45. The van der Waals surface area contributed by atoms with Crippen molar-refractivity contribution in [3.05, 3.63) is 46.3 Å². The number of esters is 1. The molecule has 1 N–H and O–H groups in total. The highest BCUT2D eigenvalue weighted by Gasteiger charge is 2.30. The van der Waals surface area contributed by atoms with Crippen LogP contribution in [0.4, 0.5) is 0 Å². The summed E-state index contributed by atoms with van der Waals surface area (Å²) >= 11 is 5.78. The summed E-state index contributed by atoms with van der Waals surface area (Å²) in [6.07, 6.45) is 0. The number of aromatic nitrogens is 1. The van der Waals surface area contributed by atoms with Crippen LogP contribution in [0.25, 0.3) is 0 Å². The smallest absolute Gasteiger partial charge is 0.324 e. The van der Waals surface area contributed by atoms with Gasteiger partial charge in [-0.15, -0.1) is 0 Å². The van der Waals surface area contributed by atoms with Crippen molar-refractivity contribution in [1.29, 1.82) is 0 Å². The maximum absolute atomic E-state index is 12.5. The highest BCUT2D eigenvalue weighted by Crippen LogP contribution is 2.17. The van der Waals surface area contributed by atoms with E-state index in [1.165, 1.54) is 24.3 Å². The van der Waals surface area contributed by atoms with Gasteiger partial charge in [-0.25, -0.2) is 8.42 Å². The lowest BCUT2D eigenvalue weighted by molar-refractivity contribution is -0.148. The number of carbonyl (C=O) groups is 1. The van der Waals surface area contributed by atoms with Crippen LogP contribution in [0.3, 0.4) is 0 Å². The van der Waals surface area contributed by atoms with Crippen LogP contribution in [0.2, 0.25) is 5.02 Å². The number of sulfonamides is 1. The molecule has 2 rings (SSSR count). The Kier molecular flexibility index (Phi) is 6.44. The normalized spacial score (nSPS) is 13.0. The Bertz CT molecular complexity index is 856. The van der Waals surface area contributed by atoms with Gasteiger partial charge in [0.2, 0.25) is 10.0 Å². The van der Waals surface area contributed by atoms with Crippen LogP contribution in [0.15, 0.2) is 33.7 Å². The van der Waals surface area contributed by atoms with Gasteiger partial charge in [-0.2, -0.15) is 4.72 Å². The molecule has 26 heavy (non-hydrogen) atoms. The zero-order chi connectivity index (χ0) is 19.5. The Morgan fingerprint density at radius 1 is 1.27 bits per heavy atom. The Labute approximate surface area is 157 Å². The average Bonchev–Trinajstić information content (AvgIpc) is 2.89. The van der Waals surface area contributed by atoms with Crippen LogP contribution in [0.5, 0.6) is 0 Å². The van der Waals surface area contributed by atoms with Crippen molar-refractivity contribution in [3.8, 4) is 0 Å². The van der Waals surface area contributed by atoms with Gasteiger partial charge in [0.15, 0.2) is 0 Å². The molecule has 0 aliphatic heterocycles. The van der Waals surface area contributed by atoms with E-state index < -0.39 is 22.0 Å². The fraction of sp³-hybridized carbons (Fsp3) is 0.412. The van der Waals surface area contributed by atoms with Crippen LogP contribution in [0, 0.1) is 19.8 Å². The van der Waals surface area contributed by atoms with E-state index in [4.69, 9.17) is 20.9 Å². The summed E-state index contributed by atoms with van der Waals surface area (Å²) in [7, 11) is -3.90. The highest BCUT2D eigenvalue weighted by molar-refractivity contribution is 7.89. The predicted octanol–water partition coefficient (Wildman–Crippen LogP) is 2.99. The van der Waals surface area contributed by atoms with E-state index in [9.17, 15) is 13.2 Å². The number of rotatable bonds is 7. The van der Waals surface area contributed by atoms with E-state index in [0.29, 0.717) is 22.0 Å². The summed E-state index contributed by atoms with van der Waals surface area (Å²) in [5.74, 6) is -0.426. The van der Waals surface area contributed by atoms with E-state index in [1.807, 2.05) is 0 Å². The van der Waals surface area contributed by atoms with E-state index >= 15 is 0 Å². The molecule has 0 fully saturated rings. The largest absolute Gasteiger partial charge is 0.459 e. The minimum Gasteiger partial charge on any atom is -0.459 e. The summed E-state index contributed by atoms with van der Waals surface area (Å²) < 4.78 is 37.7. The molecule has 7 nitrogen and oxygen atoms in total. The van der Waals surface area contributed by atoms with Crippen molar-refractivity contribution < 1.29 is 22.5 Å². The molecule has 0 aliphatic carbocycles. The van der Waals surface area contributed by atoms with Gasteiger partial charge in [-0.05, 0) is 44.0 Å². The summed E-state index contributed by atoms with van der Waals surface area (Å²) in [4.78, 5) is 12.5. The number of aryl methyl sites for hydroxylation is 2. The summed E-state index contributed by atoms with van der Waals surface area (Å²) in [5, 5.41) is 4.21. The molecule has 2 aromatic rings. The van der Waals surface area contributed by atoms with Crippen LogP contribution in [0.1, 0.15) is 30.9 Å². The number of hydrogen-bond acceptors (Lipinski definition) is 6. The Morgan fingerprint density at radius 3 is 2.38 bits per heavy atom. The third-order valence-electron chi connectivity index (χ3n) is 3.87. The molecule has 1 aromatic carbocycles. The lowest BCUT2D eigenvalue weighted by Gasteiger charge is -2.21. The van der Waals surface area contributed by atoms with Crippen LogP contribution in [-0.4, -0.2) is 25.6 Å². The number of halogens is 1. The number of nitrogens with zero attached hydrogens (tertiary/aromatic N) is 1. The topological polar surface area (TPSA) is 98.5 Å². The second kappa shape index (κ2) is 8.20. The van der Waals surface area contributed by atoms with E-state index in [1.54, 1.807) is 27.7 Å². The maximum Gasteiger partial charge on any atom is 0.324 e. The number of nitrogens with one attached hydrogen (secondary N) is 1. The molecule has 0 saturated heterocycles. The third kappa shape index (κ3) is 4.84. The Morgan fingerprint density at radius 2 is 1.88 bits per heavy atom. The molecule has 0 aliphatic rings. The first-order valence-electron chi connectivity index (χ1n) is 7.98. The highest BCUT2D eigenvalue weighted by atomic mass is 35.5. The van der Waals surface area contributed by atoms with Gasteiger partial charge in [0.1, 0.15) is 18.4 Å².